The lowest BCUT2D eigenvalue weighted by molar-refractivity contribution is -0.136. The zero-order valence-electron chi connectivity index (χ0n) is 30.0. The number of anilines is 2. The lowest BCUT2D eigenvalue weighted by Gasteiger charge is -2.37. The highest BCUT2D eigenvalue weighted by Gasteiger charge is 2.45. The lowest BCUT2D eigenvalue weighted by Crippen LogP contribution is -2.54. The number of hydrogen-bond donors (Lipinski definition) is 4. The van der Waals surface area contributed by atoms with Crippen LogP contribution in [0, 0.1) is 0 Å². The predicted octanol–water partition coefficient (Wildman–Crippen LogP) is 3.64. The van der Waals surface area contributed by atoms with Gasteiger partial charge in [0, 0.05) is 56.9 Å². The van der Waals surface area contributed by atoms with Crippen LogP contribution in [0.4, 0.5) is 11.4 Å². The van der Waals surface area contributed by atoms with Crippen LogP contribution in [0.5, 0.6) is 0 Å². The van der Waals surface area contributed by atoms with Gasteiger partial charge in [-0.2, -0.15) is 5.10 Å². The molecule has 3 aromatic rings. The Morgan fingerprint density at radius 2 is 1.64 bits per heavy atom. The van der Waals surface area contributed by atoms with E-state index in [0.717, 1.165) is 56.5 Å². The Kier molecular flexibility index (Phi) is 12.0. The second-order valence-electron chi connectivity index (χ2n) is 14.0. The van der Waals surface area contributed by atoms with Crippen molar-refractivity contribution in [1.82, 2.24) is 30.2 Å². The molecule has 53 heavy (non-hydrogen) atoms. The van der Waals surface area contributed by atoms with Gasteiger partial charge in [0.2, 0.25) is 11.8 Å². The third-order valence-electron chi connectivity index (χ3n) is 10.1. The summed E-state index contributed by atoms with van der Waals surface area (Å²) in [5.74, 6) is -1.90. The molecule has 3 unspecified atom stereocenters. The van der Waals surface area contributed by atoms with Crippen LogP contribution in [-0.2, 0) is 16.6 Å². The van der Waals surface area contributed by atoms with Gasteiger partial charge in [-0.1, -0.05) is 37.5 Å². The molecule has 2 saturated heterocycles. The van der Waals surface area contributed by atoms with Gasteiger partial charge in [-0.15, -0.1) is 0 Å². The number of carbonyl (C=O) groups is 5. The van der Waals surface area contributed by atoms with Crippen molar-refractivity contribution >= 4 is 56.8 Å². The maximum atomic E-state index is 13.3. The van der Waals surface area contributed by atoms with E-state index in [0.29, 0.717) is 34.5 Å². The highest BCUT2D eigenvalue weighted by Crippen LogP contribution is 2.33. The molecular formula is C38H45BrN8O6. The van der Waals surface area contributed by atoms with E-state index in [1.54, 1.807) is 31.4 Å². The third kappa shape index (κ3) is 8.68. The number of hydrogen-bond acceptors (Lipinski definition) is 10. The molecule has 14 nitrogen and oxygen atoms in total. The largest absolute Gasteiger partial charge is 0.384 e. The smallest absolute Gasteiger partial charge is 0.282 e. The molecule has 3 atom stereocenters. The molecule has 3 aliphatic rings. The maximum absolute atomic E-state index is 13.3. The minimum absolute atomic E-state index is 0.0771. The van der Waals surface area contributed by atoms with Crippen LogP contribution in [0.25, 0.3) is 0 Å². The quantitative estimate of drug-likeness (QED) is 0.140. The summed E-state index contributed by atoms with van der Waals surface area (Å²) in [6, 6.07) is 12.0. The van der Waals surface area contributed by atoms with Gasteiger partial charge in [-0.3, -0.25) is 39.0 Å². The van der Waals surface area contributed by atoms with Crippen molar-refractivity contribution in [2.45, 2.75) is 69.4 Å². The second kappa shape index (κ2) is 16.8. The van der Waals surface area contributed by atoms with Gasteiger partial charge in [0.05, 0.1) is 23.0 Å². The van der Waals surface area contributed by atoms with Crippen molar-refractivity contribution in [2.75, 3.05) is 43.9 Å². The molecule has 15 heteroatoms. The van der Waals surface area contributed by atoms with E-state index in [9.17, 15) is 28.8 Å². The van der Waals surface area contributed by atoms with Crippen LogP contribution in [-0.4, -0.2) is 94.4 Å². The molecule has 2 aromatic carbocycles. The molecule has 2 fully saturated rings. The highest BCUT2D eigenvalue weighted by atomic mass is 79.9. The predicted molar refractivity (Wildman–Crippen MR) is 203 cm³/mol. The molecule has 4 N–H and O–H groups in total. The molecule has 0 radical (unpaired) electrons. The molecule has 6 rings (SSSR count). The summed E-state index contributed by atoms with van der Waals surface area (Å²) in [6.45, 7) is 2.93. The number of halogens is 1. The number of likely N-dealkylation sites (tertiary alicyclic amines) is 1. The Hall–Kier alpha value is -4.89. The van der Waals surface area contributed by atoms with E-state index in [1.807, 2.05) is 24.3 Å². The number of nitrogens with zero attached hydrogens (tertiary/aromatic N) is 4. The topological polar surface area (TPSA) is 175 Å². The number of unbranched alkanes of at least 4 members (excludes halogenated alkanes) is 4. The zero-order valence-corrected chi connectivity index (χ0v) is 31.5. The first kappa shape index (κ1) is 37.9. The number of nitrogens with one attached hydrogen (secondary N) is 4. The van der Waals surface area contributed by atoms with E-state index < -0.39 is 29.7 Å². The SMILES string of the molecule is CN1CC(Nc2cnn(C)c(=O)c2Br)CC(c2ccc(C(=O)NCCCCCCCNc3cccc4c3C(=O)N(C3CCC(=O)NC3=O)C4=O)cc2)C1. The zero-order chi connectivity index (χ0) is 37.6. The number of rotatable bonds is 14. The summed E-state index contributed by atoms with van der Waals surface area (Å²) in [4.78, 5) is 78.6. The summed E-state index contributed by atoms with van der Waals surface area (Å²) in [5.41, 5.74) is 3.37. The third-order valence-corrected chi connectivity index (χ3v) is 10.9. The van der Waals surface area contributed by atoms with E-state index in [2.05, 4.69) is 54.2 Å². The number of aryl methyl sites for hydroxylation is 1. The Morgan fingerprint density at radius 1 is 0.906 bits per heavy atom. The minimum Gasteiger partial charge on any atom is -0.384 e. The summed E-state index contributed by atoms with van der Waals surface area (Å²) in [7, 11) is 3.70. The highest BCUT2D eigenvalue weighted by molar-refractivity contribution is 9.10. The van der Waals surface area contributed by atoms with Crippen LogP contribution in [0.15, 0.2) is 57.9 Å². The van der Waals surface area contributed by atoms with Gasteiger partial charge in [-0.05, 0) is 84.4 Å². The summed E-state index contributed by atoms with van der Waals surface area (Å²) in [5, 5.41) is 16.2. The summed E-state index contributed by atoms with van der Waals surface area (Å²) in [6.07, 6.45) is 7.36. The normalized spacial score (nSPS) is 20.3. The number of imide groups is 2. The standard InChI is InChI=1S/C38H45BrN8O6/c1-45-21-25(19-26(22-45)43-29-20-42-46(2)38(53)33(29)39)23-11-13-24(14-12-23)34(49)41-18-7-5-3-4-6-17-40-28-10-8-9-27-32(28)37(52)47(36(27)51)30-15-16-31(48)44-35(30)50/h8-14,20,25-26,30,40,43H,3-7,15-19,21-22H2,1-2H3,(H,41,49)(H,44,48,50). The van der Waals surface area contributed by atoms with Gasteiger partial charge < -0.3 is 20.9 Å². The van der Waals surface area contributed by atoms with Crippen molar-refractivity contribution in [1.29, 1.82) is 0 Å². The Balaban J connectivity index is 0.886. The average molecular weight is 790 g/mol. The molecule has 0 aliphatic carbocycles. The van der Waals surface area contributed by atoms with Crippen LogP contribution >= 0.6 is 15.9 Å². The Morgan fingerprint density at radius 3 is 2.40 bits per heavy atom. The molecule has 0 spiro atoms. The first-order valence-corrected chi connectivity index (χ1v) is 18.9. The Bertz CT molecular complexity index is 1950. The molecule has 3 aliphatic heterocycles. The molecular weight excluding hydrogens is 744 g/mol. The van der Waals surface area contributed by atoms with E-state index in [4.69, 9.17) is 0 Å². The monoisotopic (exact) mass is 788 g/mol. The molecule has 5 amide bonds. The molecule has 0 saturated carbocycles. The van der Waals surface area contributed by atoms with Crippen molar-refractivity contribution in [3.63, 3.8) is 0 Å². The van der Waals surface area contributed by atoms with Crippen LogP contribution < -0.4 is 26.8 Å². The number of fused-ring (bicyclic) bond motifs is 1. The van der Waals surface area contributed by atoms with Gasteiger partial charge in [0.25, 0.3) is 23.3 Å². The van der Waals surface area contributed by atoms with E-state index >= 15 is 0 Å². The number of piperidine rings is 2. The van der Waals surface area contributed by atoms with Gasteiger partial charge >= 0.3 is 0 Å². The summed E-state index contributed by atoms with van der Waals surface area (Å²) >= 11 is 3.40. The van der Waals surface area contributed by atoms with Crippen LogP contribution in [0.1, 0.15) is 93.9 Å². The fraction of sp³-hybridized carbons (Fsp3) is 0.447. The first-order chi connectivity index (χ1) is 25.5. The minimum atomic E-state index is -0.994. The maximum Gasteiger partial charge on any atom is 0.282 e. The molecule has 0 bridgehead atoms. The second-order valence-corrected chi connectivity index (χ2v) is 14.8. The van der Waals surface area contributed by atoms with Crippen molar-refractivity contribution in [3.8, 4) is 0 Å². The fourth-order valence-corrected chi connectivity index (χ4v) is 7.85. The number of aromatic nitrogens is 2. The molecule has 280 valence electrons. The van der Waals surface area contributed by atoms with Crippen LogP contribution in [0.2, 0.25) is 0 Å². The summed E-state index contributed by atoms with van der Waals surface area (Å²) < 4.78 is 1.76. The van der Waals surface area contributed by atoms with Crippen molar-refractivity contribution < 1.29 is 24.0 Å². The first-order valence-electron chi connectivity index (χ1n) is 18.1. The molecule has 4 heterocycles. The fourth-order valence-electron chi connectivity index (χ4n) is 7.37. The van der Waals surface area contributed by atoms with Crippen molar-refractivity contribution in [3.05, 3.63) is 85.7 Å². The van der Waals surface area contributed by atoms with E-state index in [-0.39, 0.29) is 47.4 Å². The van der Waals surface area contributed by atoms with E-state index in [1.165, 1.54) is 10.2 Å². The van der Waals surface area contributed by atoms with Crippen LogP contribution in [0.3, 0.4) is 0 Å². The van der Waals surface area contributed by atoms with Gasteiger partial charge in [-0.25, -0.2) is 4.68 Å². The van der Waals surface area contributed by atoms with Gasteiger partial charge in [0.15, 0.2) is 0 Å². The van der Waals surface area contributed by atoms with Crippen molar-refractivity contribution in [2.24, 2.45) is 7.05 Å². The number of carbonyl (C=O) groups excluding carboxylic acids is 5. The number of amides is 5. The Labute approximate surface area is 316 Å². The number of likely N-dealkylation sites (N-methyl/N-ethyl adjacent to an activating group) is 1. The lowest BCUT2D eigenvalue weighted by atomic mass is 9.87. The molecule has 1 aromatic heterocycles. The van der Waals surface area contributed by atoms with Gasteiger partial charge in [0.1, 0.15) is 10.5 Å². The number of benzene rings is 2. The average Bonchev–Trinajstić information content (AvgIpc) is 3.40.